The molecule has 2 N–H and O–H groups in total. The highest BCUT2D eigenvalue weighted by molar-refractivity contribution is 7.07. The number of rotatable bonds is 5. The number of benzene rings is 1. The Morgan fingerprint density at radius 1 is 1.37 bits per heavy atom. The highest BCUT2D eigenvalue weighted by Gasteiger charge is 2.08. The number of carbonyl (C=O) groups is 1. The Labute approximate surface area is 117 Å². The van der Waals surface area contributed by atoms with Crippen molar-refractivity contribution in [1.29, 1.82) is 0 Å². The van der Waals surface area contributed by atoms with Crippen molar-refractivity contribution in [2.75, 3.05) is 11.9 Å². The van der Waals surface area contributed by atoms with Gasteiger partial charge in [-0.1, -0.05) is 12.1 Å². The van der Waals surface area contributed by atoms with Crippen LogP contribution in [0.4, 0.5) is 5.69 Å². The van der Waals surface area contributed by atoms with Crippen molar-refractivity contribution < 1.29 is 4.79 Å². The van der Waals surface area contributed by atoms with E-state index in [9.17, 15) is 4.79 Å². The minimum atomic E-state index is -0.0207. The molecule has 1 atom stereocenters. The molecule has 1 amide bonds. The van der Waals surface area contributed by atoms with Crippen LogP contribution >= 0.6 is 11.3 Å². The normalized spacial score (nSPS) is 12.1. The summed E-state index contributed by atoms with van der Waals surface area (Å²) in [4.78, 5) is 11.8. The van der Waals surface area contributed by atoms with E-state index in [1.165, 1.54) is 5.56 Å². The lowest BCUT2D eigenvalue weighted by Crippen LogP contribution is -2.29. The Morgan fingerprint density at radius 3 is 2.89 bits per heavy atom. The number of hydrogen-bond donors (Lipinski definition) is 2. The maximum absolute atomic E-state index is 11.8. The maximum atomic E-state index is 11.8. The van der Waals surface area contributed by atoms with Gasteiger partial charge in [-0.3, -0.25) is 4.79 Å². The fourth-order valence-corrected chi connectivity index (χ4v) is 2.57. The summed E-state index contributed by atoms with van der Waals surface area (Å²) in [5, 5.41) is 10.2. The van der Waals surface area contributed by atoms with E-state index in [1.54, 1.807) is 11.3 Å². The highest BCUT2D eigenvalue weighted by Crippen LogP contribution is 2.15. The number of amides is 1. The largest absolute Gasteiger partial charge is 0.325 e. The van der Waals surface area contributed by atoms with Gasteiger partial charge in [-0.25, -0.2) is 0 Å². The number of thiophene rings is 1. The molecule has 0 spiro atoms. The third-order valence-electron chi connectivity index (χ3n) is 2.91. The van der Waals surface area contributed by atoms with E-state index >= 15 is 0 Å². The lowest BCUT2D eigenvalue weighted by atomic mass is 10.2. The van der Waals surface area contributed by atoms with Crippen LogP contribution in [-0.4, -0.2) is 12.5 Å². The molecule has 0 aliphatic rings. The first-order chi connectivity index (χ1) is 9.15. The second-order valence-electron chi connectivity index (χ2n) is 4.58. The van der Waals surface area contributed by atoms with Crippen LogP contribution in [-0.2, 0) is 4.79 Å². The minimum Gasteiger partial charge on any atom is -0.325 e. The van der Waals surface area contributed by atoms with E-state index < -0.39 is 0 Å². The standard InChI is InChI=1S/C15H18N2OS/c1-11-4-3-5-14(8-11)17-15(18)9-16-12(2)13-6-7-19-10-13/h3-8,10,12,16H,9H2,1-2H3,(H,17,18). The van der Waals surface area contributed by atoms with Crippen LogP contribution in [0.15, 0.2) is 41.1 Å². The van der Waals surface area contributed by atoms with Gasteiger partial charge < -0.3 is 10.6 Å². The second-order valence-corrected chi connectivity index (χ2v) is 5.36. The third kappa shape index (κ3) is 4.19. The van der Waals surface area contributed by atoms with Crippen molar-refractivity contribution in [3.05, 3.63) is 52.2 Å². The zero-order valence-corrected chi connectivity index (χ0v) is 12.0. The Hall–Kier alpha value is -1.65. The van der Waals surface area contributed by atoms with E-state index in [0.717, 1.165) is 11.3 Å². The average Bonchev–Trinajstić information content (AvgIpc) is 2.90. The molecule has 0 radical (unpaired) electrons. The molecule has 1 heterocycles. The summed E-state index contributed by atoms with van der Waals surface area (Å²) in [6.07, 6.45) is 0. The van der Waals surface area contributed by atoms with Crippen LogP contribution in [0.5, 0.6) is 0 Å². The molecule has 2 aromatic rings. The predicted octanol–water partition coefficient (Wildman–Crippen LogP) is 3.35. The van der Waals surface area contributed by atoms with Gasteiger partial charge in [-0.2, -0.15) is 11.3 Å². The summed E-state index contributed by atoms with van der Waals surface area (Å²) in [6.45, 7) is 4.37. The van der Waals surface area contributed by atoms with Crippen LogP contribution in [0.3, 0.4) is 0 Å². The molecule has 1 aromatic carbocycles. The molecule has 2 rings (SSSR count). The van der Waals surface area contributed by atoms with Crippen molar-refractivity contribution in [1.82, 2.24) is 5.32 Å². The van der Waals surface area contributed by atoms with Crippen molar-refractivity contribution in [3.8, 4) is 0 Å². The fraction of sp³-hybridized carbons (Fsp3) is 0.267. The molecular formula is C15H18N2OS. The third-order valence-corrected chi connectivity index (χ3v) is 3.62. The molecule has 19 heavy (non-hydrogen) atoms. The van der Waals surface area contributed by atoms with Gasteiger partial charge in [0.05, 0.1) is 6.54 Å². The van der Waals surface area contributed by atoms with Gasteiger partial charge in [-0.05, 0) is 53.9 Å². The zero-order chi connectivity index (χ0) is 13.7. The van der Waals surface area contributed by atoms with E-state index in [2.05, 4.69) is 29.0 Å². The lowest BCUT2D eigenvalue weighted by molar-refractivity contribution is -0.115. The summed E-state index contributed by atoms with van der Waals surface area (Å²) < 4.78 is 0. The van der Waals surface area contributed by atoms with Crippen molar-refractivity contribution in [2.45, 2.75) is 19.9 Å². The summed E-state index contributed by atoms with van der Waals surface area (Å²) in [6, 6.07) is 10.1. The average molecular weight is 274 g/mol. The number of anilines is 1. The molecule has 0 saturated heterocycles. The number of aryl methyl sites for hydroxylation is 1. The topological polar surface area (TPSA) is 41.1 Å². The predicted molar refractivity (Wildman–Crippen MR) is 80.5 cm³/mol. The van der Waals surface area contributed by atoms with Gasteiger partial charge in [0.15, 0.2) is 0 Å². The van der Waals surface area contributed by atoms with Crippen molar-refractivity contribution >= 4 is 22.9 Å². The zero-order valence-electron chi connectivity index (χ0n) is 11.1. The lowest BCUT2D eigenvalue weighted by Gasteiger charge is -2.12. The summed E-state index contributed by atoms with van der Waals surface area (Å²) in [5.74, 6) is -0.0207. The molecule has 0 aliphatic heterocycles. The van der Waals surface area contributed by atoms with Gasteiger partial charge in [0, 0.05) is 11.7 Å². The first-order valence-corrected chi connectivity index (χ1v) is 7.21. The molecule has 0 aliphatic carbocycles. The van der Waals surface area contributed by atoms with Crippen molar-refractivity contribution in [2.24, 2.45) is 0 Å². The van der Waals surface area contributed by atoms with Gasteiger partial charge in [0.1, 0.15) is 0 Å². The Kier molecular flexibility index (Phi) is 4.71. The van der Waals surface area contributed by atoms with Crippen molar-refractivity contribution in [3.63, 3.8) is 0 Å². The molecule has 1 unspecified atom stereocenters. The first kappa shape index (κ1) is 13.8. The number of nitrogens with one attached hydrogen (secondary N) is 2. The second kappa shape index (κ2) is 6.50. The summed E-state index contributed by atoms with van der Waals surface area (Å²) in [5.41, 5.74) is 3.20. The van der Waals surface area contributed by atoms with Crippen LogP contribution in [0, 0.1) is 6.92 Å². The number of carbonyl (C=O) groups excluding carboxylic acids is 1. The van der Waals surface area contributed by atoms with Crippen LogP contribution in [0.1, 0.15) is 24.1 Å². The Balaban J connectivity index is 1.82. The smallest absolute Gasteiger partial charge is 0.238 e. The SMILES string of the molecule is Cc1cccc(NC(=O)CNC(C)c2ccsc2)c1. The Bertz CT molecular complexity index is 537. The molecule has 4 heteroatoms. The van der Waals surface area contributed by atoms with Gasteiger partial charge in [-0.15, -0.1) is 0 Å². The molecule has 0 bridgehead atoms. The highest BCUT2D eigenvalue weighted by atomic mass is 32.1. The fourth-order valence-electron chi connectivity index (χ4n) is 1.81. The molecule has 100 valence electrons. The molecular weight excluding hydrogens is 256 g/mol. The summed E-state index contributed by atoms with van der Waals surface area (Å²) in [7, 11) is 0. The monoisotopic (exact) mass is 274 g/mol. The quantitative estimate of drug-likeness (QED) is 0.878. The van der Waals surface area contributed by atoms with Gasteiger partial charge in [0.25, 0.3) is 0 Å². The summed E-state index contributed by atoms with van der Waals surface area (Å²) >= 11 is 1.67. The first-order valence-electron chi connectivity index (χ1n) is 6.27. The molecule has 1 aromatic heterocycles. The van der Waals surface area contributed by atoms with Gasteiger partial charge in [0.2, 0.25) is 5.91 Å². The molecule has 3 nitrogen and oxygen atoms in total. The minimum absolute atomic E-state index is 0.0207. The van der Waals surface area contributed by atoms with Crippen LogP contribution in [0.25, 0.3) is 0 Å². The number of hydrogen-bond acceptors (Lipinski definition) is 3. The molecule has 0 fully saturated rings. The van der Waals surface area contributed by atoms with E-state index in [1.807, 2.05) is 36.6 Å². The van der Waals surface area contributed by atoms with E-state index in [0.29, 0.717) is 6.54 Å². The van der Waals surface area contributed by atoms with Gasteiger partial charge >= 0.3 is 0 Å². The van der Waals surface area contributed by atoms with E-state index in [4.69, 9.17) is 0 Å². The maximum Gasteiger partial charge on any atom is 0.238 e. The molecule has 0 saturated carbocycles. The Morgan fingerprint density at radius 2 is 2.21 bits per heavy atom. The van der Waals surface area contributed by atoms with E-state index in [-0.39, 0.29) is 11.9 Å². The van der Waals surface area contributed by atoms with Crippen LogP contribution < -0.4 is 10.6 Å². The van der Waals surface area contributed by atoms with Crippen LogP contribution in [0.2, 0.25) is 0 Å².